The van der Waals surface area contributed by atoms with Gasteiger partial charge >= 0.3 is 0 Å². The molecule has 0 radical (unpaired) electrons. The van der Waals surface area contributed by atoms with Gasteiger partial charge in [-0.15, -0.1) is 11.3 Å². The fourth-order valence-corrected chi connectivity index (χ4v) is 3.31. The Morgan fingerprint density at radius 1 is 1.38 bits per heavy atom. The molecule has 1 aromatic carbocycles. The van der Waals surface area contributed by atoms with E-state index in [0.717, 1.165) is 15.6 Å². The summed E-state index contributed by atoms with van der Waals surface area (Å²) in [5.74, 6) is -0.401. The number of nitrogens with two attached hydrogens (primary N) is 1. The van der Waals surface area contributed by atoms with Crippen molar-refractivity contribution in [3.05, 3.63) is 28.6 Å². The number of anilines is 1. The summed E-state index contributed by atoms with van der Waals surface area (Å²) >= 11 is 1.37. The number of carbonyl (C=O) groups excluding carboxylic acids is 2. The number of nitrogens with one attached hydrogen (secondary N) is 1. The van der Waals surface area contributed by atoms with Gasteiger partial charge in [0.25, 0.3) is 5.91 Å². The topological polar surface area (TPSA) is 75.4 Å². The van der Waals surface area contributed by atoms with E-state index in [9.17, 15) is 9.59 Å². The van der Waals surface area contributed by atoms with Crippen molar-refractivity contribution in [2.24, 2.45) is 0 Å². The molecule has 2 amide bonds. The van der Waals surface area contributed by atoms with E-state index in [1.807, 2.05) is 32.0 Å². The molecule has 2 aromatic rings. The van der Waals surface area contributed by atoms with Crippen LogP contribution in [0.15, 0.2) is 18.2 Å². The Labute approximate surface area is 127 Å². The lowest BCUT2D eigenvalue weighted by atomic mass is 10.1. The summed E-state index contributed by atoms with van der Waals surface area (Å²) in [7, 11) is 1.60. The Hall–Kier alpha value is -2.08. The van der Waals surface area contributed by atoms with Gasteiger partial charge in [0.1, 0.15) is 4.88 Å². The minimum absolute atomic E-state index is 0.0272. The summed E-state index contributed by atoms with van der Waals surface area (Å²) in [6, 6.07) is 5.91. The number of hydrogen-bond acceptors (Lipinski definition) is 4. The highest BCUT2D eigenvalue weighted by Crippen LogP contribution is 2.34. The Morgan fingerprint density at radius 3 is 2.76 bits per heavy atom. The van der Waals surface area contributed by atoms with Crippen LogP contribution in [0, 0.1) is 6.92 Å². The van der Waals surface area contributed by atoms with Crippen LogP contribution in [0.5, 0.6) is 0 Å². The number of rotatable bonds is 4. The van der Waals surface area contributed by atoms with Gasteiger partial charge in [-0.05, 0) is 25.5 Å². The summed E-state index contributed by atoms with van der Waals surface area (Å²) in [6.07, 6.45) is 0. The van der Waals surface area contributed by atoms with E-state index in [4.69, 9.17) is 5.73 Å². The number of aryl methyl sites for hydroxylation is 1. The highest BCUT2D eigenvalue weighted by atomic mass is 32.1. The van der Waals surface area contributed by atoms with Gasteiger partial charge in [-0.1, -0.05) is 12.1 Å². The van der Waals surface area contributed by atoms with Crippen molar-refractivity contribution in [2.75, 3.05) is 25.9 Å². The summed E-state index contributed by atoms with van der Waals surface area (Å²) in [5, 5.41) is 3.56. The first kappa shape index (κ1) is 15.3. The molecule has 0 fully saturated rings. The second kappa shape index (κ2) is 6.13. The van der Waals surface area contributed by atoms with Crippen LogP contribution in [0.2, 0.25) is 0 Å². The number of nitrogens with zero attached hydrogens (tertiary/aromatic N) is 1. The van der Waals surface area contributed by atoms with E-state index in [2.05, 4.69) is 5.32 Å². The molecule has 6 heteroatoms. The molecule has 0 unspecified atom stereocenters. The molecule has 0 spiro atoms. The first-order valence-electron chi connectivity index (χ1n) is 6.74. The Morgan fingerprint density at radius 2 is 2.10 bits per heavy atom. The number of likely N-dealkylation sites (N-methyl/N-ethyl adjacent to an activating group) is 2. The number of thiophene rings is 1. The highest BCUT2D eigenvalue weighted by Gasteiger charge is 2.21. The van der Waals surface area contributed by atoms with Gasteiger partial charge in [0.05, 0.1) is 12.2 Å². The van der Waals surface area contributed by atoms with Crippen molar-refractivity contribution in [3.63, 3.8) is 0 Å². The monoisotopic (exact) mass is 305 g/mol. The molecular weight excluding hydrogens is 286 g/mol. The van der Waals surface area contributed by atoms with E-state index in [1.165, 1.54) is 16.2 Å². The summed E-state index contributed by atoms with van der Waals surface area (Å²) in [6.45, 7) is 4.41. The summed E-state index contributed by atoms with van der Waals surface area (Å²) in [4.78, 5) is 25.9. The maximum Gasteiger partial charge on any atom is 0.266 e. The van der Waals surface area contributed by atoms with E-state index in [0.29, 0.717) is 17.1 Å². The maximum absolute atomic E-state index is 12.4. The zero-order valence-electron chi connectivity index (χ0n) is 12.4. The average Bonchev–Trinajstić information content (AvgIpc) is 2.74. The molecule has 0 saturated carbocycles. The third-order valence-corrected chi connectivity index (χ3v) is 4.34. The molecule has 2 rings (SSSR count). The number of carbonyl (C=O) groups is 2. The van der Waals surface area contributed by atoms with Crippen LogP contribution in [-0.2, 0) is 4.79 Å². The van der Waals surface area contributed by atoms with Crippen LogP contribution in [0.4, 0.5) is 5.69 Å². The lowest BCUT2D eigenvalue weighted by molar-refractivity contribution is -0.121. The standard InChI is InChI=1S/C15H19N3O2S/c1-4-17-12(19)8-18(3)15(20)14-13(16)10-6-5-9(2)7-11(10)21-14/h5-7H,4,8,16H2,1-3H3,(H,17,19). The van der Waals surface area contributed by atoms with Gasteiger partial charge in [-0.25, -0.2) is 0 Å². The molecule has 1 heterocycles. The first-order chi connectivity index (χ1) is 9.93. The molecule has 0 atom stereocenters. The molecule has 21 heavy (non-hydrogen) atoms. The van der Waals surface area contributed by atoms with Crippen molar-refractivity contribution in [3.8, 4) is 0 Å². The van der Waals surface area contributed by atoms with Crippen molar-refractivity contribution in [1.82, 2.24) is 10.2 Å². The van der Waals surface area contributed by atoms with Gasteiger partial charge in [-0.2, -0.15) is 0 Å². The number of fused-ring (bicyclic) bond motifs is 1. The third kappa shape index (κ3) is 3.16. The SMILES string of the molecule is CCNC(=O)CN(C)C(=O)c1sc2cc(C)ccc2c1N. The lowest BCUT2D eigenvalue weighted by Gasteiger charge is -2.15. The summed E-state index contributed by atoms with van der Waals surface area (Å²) < 4.78 is 0.988. The van der Waals surface area contributed by atoms with E-state index >= 15 is 0 Å². The van der Waals surface area contributed by atoms with Crippen molar-refractivity contribution >= 4 is 38.9 Å². The molecule has 0 aliphatic heterocycles. The highest BCUT2D eigenvalue weighted by molar-refractivity contribution is 7.21. The van der Waals surface area contributed by atoms with Gasteiger partial charge in [0, 0.05) is 23.7 Å². The fourth-order valence-electron chi connectivity index (χ4n) is 2.10. The van der Waals surface area contributed by atoms with Crippen molar-refractivity contribution in [1.29, 1.82) is 0 Å². The minimum atomic E-state index is -0.224. The van der Waals surface area contributed by atoms with Crippen molar-refractivity contribution in [2.45, 2.75) is 13.8 Å². The third-order valence-electron chi connectivity index (χ3n) is 3.18. The quantitative estimate of drug-likeness (QED) is 0.907. The normalized spacial score (nSPS) is 10.6. The number of hydrogen-bond donors (Lipinski definition) is 2. The Balaban J connectivity index is 2.26. The molecule has 5 nitrogen and oxygen atoms in total. The van der Waals surface area contributed by atoms with E-state index in [1.54, 1.807) is 7.05 Å². The molecule has 1 aromatic heterocycles. The van der Waals surface area contributed by atoms with E-state index in [-0.39, 0.29) is 18.4 Å². The van der Waals surface area contributed by atoms with Crippen LogP contribution >= 0.6 is 11.3 Å². The summed E-state index contributed by atoms with van der Waals surface area (Å²) in [5.41, 5.74) is 7.69. The van der Waals surface area contributed by atoms with Gasteiger partial charge in [0.15, 0.2) is 0 Å². The minimum Gasteiger partial charge on any atom is -0.397 e. The first-order valence-corrected chi connectivity index (χ1v) is 7.56. The predicted molar refractivity (Wildman–Crippen MR) is 86.6 cm³/mol. The van der Waals surface area contributed by atoms with Gasteiger partial charge < -0.3 is 16.0 Å². The van der Waals surface area contributed by atoms with Crippen LogP contribution in [-0.4, -0.2) is 36.9 Å². The van der Waals surface area contributed by atoms with Crippen LogP contribution in [0.1, 0.15) is 22.2 Å². The van der Waals surface area contributed by atoms with E-state index < -0.39 is 0 Å². The smallest absolute Gasteiger partial charge is 0.266 e. The lowest BCUT2D eigenvalue weighted by Crippen LogP contribution is -2.38. The predicted octanol–water partition coefficient (Wildman–Crippen LogP) is 2.00. The zero-order valence-corrected chi connectivity index (χ0v) is 13.2. The maximum atomic E-state index is 12.4. The molecule has 0 aliphatic rings. The molecular formula is C15H19N3O2S. The second-order valence-corrected chi connectivity index (χ2v) is 6.01. The zero-order chi connectivity index (χ0) is 15.6. The molecule has 3 N–H and O–H groups in total. The fraction of sp³-hybridized carbons (Fsp3) is 0.333. The van der Waals surface area contributed by atoms with Gasteiger partial charge in [0.2, 0.25) is 5.91 Å². The Bertz CT molecular complexity index is 694. The molecule has 0 saturated heterocycles. The van der Waals surface area contributed by atoms with Crippen LogP contribution < -0.4 is 11.1 Å². The van der Waals surface area contributed by atoms with Gasteiger partial charge in [-0.3, -0.25) is 9.59 Å². The average molecular weight is 305 g/mol. The Kier molecular flexibility index (Phi) is 4.47. The molecule has 112 valence electrons. The second-order valence-electron chi connectivity index (χ2n) is 4.96. The molecule has 0 bridgehead atoms. The number of benzene rings is 1. The van der Waals surface area contributed by atoms with Crippen LogP contribution in [0.3, 0.4) is 0 Å². The number of amides is 2. The molecule has 0 aliphatic carbocycles. The number of nitrogen functional groups attached to an aromatic ring is 1. The van der Waals surface area contributed by atoms with Crippen molar-refractivity contribution < 1.29 is 9.59 Å². The largest absolute Gasteiger partial charge is 0.397 e. The van der Waals surface area contributed by atoms with Crippen LogP contribution in [0.25, 0.3) is 10.1 Å².